The highest BCUT2D eigenvalue weighted by molar-refractivity contribution is 8.00. The molecular weight excluding hydrogens is 286 g/mol. The van der Waals surface area contributed by atoms with Crippen LogP contribution in [-0.2, 0) is 6.54 Å². The average Bonchev–Trinajstić information content (AvgIpc) is 2.85. The monoisotopic (exact) mass is 305 g/mol. The highest BCUT2D eigenvalue weighted by atomic mass is 32.2. The van der Waals surface area contributed by atoms with Gasteiger partial charge in [-0.3, -0.25) is 4.90 Å². The van der Waals surface area contributed by atoms with E-state index >= 15 is 0 Å². The Labute approximate surface area is 128 Å². The van der Waals surface area contributed by atoms with Crippen molar-refractivity contribution in [3.8, 4) is 0 Å². The highest BCUT2D eigenvalue weighted by Gasteiger charge is 2.30. The zero-order valence-corrected chi connectivity index (χ0v) is 13.5. The lowest BCUT2D eigenvalue weighted by molar-refractivity contribution is 0.191. The molecule has 1 aromatic carbocycles. The Bertz CT molecular complexity index is 555. The number of aromatic nitrogens is 2. The molecule has 0 aliphatic carbocycles. The van der Waals surface area contributed by atoms with Crippen LogP contribution in [0.2, 0.25) is 0 Å². The molecule has 5 heteroatoms. The molecule has 1 saturated heterocycles. The van der Waals surface area contributed by atoms with Gasteiger partial charge < -0.3 is 0 Å². The Kier molecular flexibility index (Phi) is 4.38. The van der Waals surface area contributed by atoms with Gasteiger partial charge in [0.2, 0.25) is 0 Å². The van der Waals surface area contributed by atoms with Crippen LogP contribution in [0.4, 0.5) is 0 Å². The molecule has 20 heavy (non-hydrogen) atoms. The molecule has 2 aromatic rings. The number of benzene rings is 1. The van der Waals surface area contributed by atoms with Crippen molar-refractivity contribution in [2.75, 3.05) is 12.3 Å². The second-order valence-electron chi connectivity index (χ2n) is 5.12. The number of rotatable bonds is 3. The number of thioether (sulfide) groups is 1. The molecule has 2 atom stereocenters. The number of hydrogen-bond acceptors (Lipinski definition) is 5. The summed E-state index contributed by atoms with van der Waals surface area (Å²) in [6, 6.07) is 11.3. The summed E-state index contributed by atoms with van der Waals surface area (Å²) in [4.78, 5) is 2.55. The molecule has 0 amide bonds. The maximum atomic E-state index is 4.28. The summed E-state index contributed by atoms with van der Waals surface area (Å²) < 4.78 is 0. The molecule has 2 heterocycles. The van der Waals surface area contributed by atoms with Crippen molar-refractivity contribution in [1.82, 2.24) is 15.1 Å². The maximum absolute atomic E-state index is 4.28. The van der Waals surface area contributed by atoms with Crippen molar-refractivity contribution in [3.05, 3.63) is 45.9 Å². The minimum atomic E-state index is 0.471. The van der Waals surface area contributed by atoms with Gasteiger partial charge in [-0.1, -0.05) is 37.3 Å². The van der Waals surface area contributed by atoms with Gasteiger partial charge in [0.1, 0.15) is 10.0 Å². The first kappa shape index (κ1) is 14.0. The van der Waals surface area contributed by atoms with Crippen LogP contribution in [0.5, 0.6) is 0 Å². The standard InChI is InChI=1S/C15H19N3S2/c1-11-15(13-6-4-3-5-7-13)18(8-9-19-11)10-14-17-16-12(2)20-14/h3-7,11,15H,8-10H2,1-2H3. The van der Waals surface area contributed by atoms with Crippen molar-refractivity contribution in [3.63, 3.8) is 0 Å². The Morgan fingerprint density at radius 2 is 2.05 bits per heavy atom. The summed E-state index contributed by atoms with van der Waals surface area (Å²) >= 11 is 3.78. The van der Waals surface area contributed by atoms with Crippen molar-refractivity contribution in [2.24, 2.45) is 0 Å². The van der Waals surface area contributed by atoms with Crippen LogP contribution >= 0.6 is 23.1 Å². The van der Waals surface area contributed by atoms with Crippen LogP contribution in [0.3, 0.4) is 0 Å². The van der Waals surface area contributed by atoms with Crippen molar-refractivity contribution in [1.29, 1.82) is 0 Å². The quantitative estimate of drug-likeness (QED) is 0.867. The SMILES string of the molecule is Cc1nnc(CN2CCSC(C)C2c2ccccc2)s1. The van der Waals surface area contributed by atoms with Gasteiger partial charge in [0, 0.05) is 23.6 Å². The van der Waals surface area contributed by atoms with E-state index in [4.69, 9.17) is 0 Å². The largest absolute Gasteiger partial charge is 0.288 e. The van der Waals surface area contributed by atoms with Gasteiger partial charge in [-0.15, -0.1) is 21.5 Å². The van der Waals surface area contributed by atoms with E-state index in [1.807, 2.05) is 6.92 Å². The first-order chi connectivity index (χ1) is 9.74. The third kappa shape index (κ3) is 3.05. The van der Waals surface area contributed by atoms with Crippen LogP contribution in [0.25, 0.3) is 0 Å². The van der Waals surface area contributed by atoms with Gasteiger partial charge in [0.05, 0.1) is 6.54 Å². The van der Waals surface area contributed by atoms with E-state index < -0.39 is 0 Å². The van der Waals surface area contributed by atoms with Crippen molar-refractivity contribution < 1.29 is 0 Å². The zero-order chi connectivity index (χ0) is 13.9. The molecule has 1 fully saturated rings. The van der Waals surface area contributed by atoms with Crippen LogP contribution in [0, 0.1) is 6.92 Å². The lowest BCUT2D eigenvalue weighted by Gasteiger charge is -2.39. The molecule has 0 spiro atoms. The second kappa shape index (κ2) is 6.24. The Morgan fingerprint density at radius 1 is 1.25 bits per heavy atom. The normalized spacial score (nSPS) is 23.9. The second-order valence-corrected chi connectivity index (χ2v) is 7.87. The van der Waals surface area contributed by atoms with E-state index in [-0.39, 0.29) is 0 Å². The van der Waals surface area contributed by atoms with E-state index in [1.165, 1.54) is 11.3 Å². The first-order valence-corrected chi connectivity index (χ1v) is 8.80. The van der Waals surface area contributed by atoms with E-state index in [0.29, 0.717) is 11.3 Å². The van der Waals surface area contributed by atoms with Gasteiger partial charge in [-0.2, -0.15) is 11.8 Å². The number of aryl methyl sites for hydroxylation is 1. The van der Waals surface area contributed by atoms with E-state index in [9.17, 15) is 0 Å². The van der Waals surface area contributed by atoms with Gasteiger partial charge in [-0.25, -0.2) is 0 Å². The lowest BCUT2D eigenvalue weighted by Crippen LogP contribution is -2.39. The molecule has 2 unspecified atom stereocenters. The smallest absolute Gasteiger partial charge is 0.131 e. The summed E-state index contributed by atoms with van der Waals surface area (Å²) in [6.45, 7) is 6.38. The van der Waals surface area contributed by atoms with Crippen molar-refractivity contribution in [2.45, 2.75) is 31.7 Å². The fraction of sp³-hybridized carbons (Fsp3) is 0.467. The summed E-state index contributed by atoms with van der Waals surface area (Å²) in [7, 11) is 0. The topological polar surface area (TPSA) is 29.0 Å². The molecule has 0 radical (unpaired) electrons. The fourth-order valence-electron chi connectivity index (χ4n) is 2.77. The summed E-state index contributed by atoms with van der Waals surface area (Å²) in [5.74, 6) is 1.20. The zero-order valence-electron chi connectivity index (χ0n) is 11.8. The van der Waals surface area contributed by atoms with Crippen molar-refractivity contribution >= 4 is 23.1 Å². The Balaban J connectivity index is 1.83. The maximum Gasteiger partial charge on any atom is 0.131 e. The molecule has 0 bridgehead atoms. The van der Waals surface area contributed by atoms with E-state index in [2.05, 4.69) is 64.1 Å². The summed E-state index contributed by atoms with van der Waals surface area (Å²) in [6.07, 6.45) is 0. The van der Waals surface area contributed by atoms with Crippen LogP contribution in [-0.4, -0.2) is 32.6 Å². The molecule has 3 nitrogen and oxygen atoms in total. The highest BCUT2D eigenvalue weighted by Crippen LogP contribution is 2.36. The minimum absolute atomic E-state index is 0.471. The van der Waals surface area contributed by atoms with Gasteiger partial charge >= 0.3 is 0 Å². The Hall–Kier alpha value is -0.910. The molecule has 1 aliphatic heterocycles. The molecule has 0 saturated carbocycles. The van der Waals surface area contributed by atoms with Crippen LogP contribution < -0.4 is 0 Å². The van der Waals surface area contributed by atoms with Crippen LogP contribution in [0.1, 0.15) is 28.5 Å². The first-order valence-electron chi connectivity index (χ1n) is 6.93. The minimum Gasteiger partial charge on any atom is -0.288 e. The fourth-order valence-corrected chi connectivity index (χ4v) is 4.73. The van der Waals surface area contributed by atoms with Gasteiger partial charge in [0.15, 0.2) is 0 Å². The Morgan fingerprint density at radius 3 is 2.75 bits per heavy atom. The van der Waals surface area contributed by atoms with Gasteiger partial charge in [0.25, 0.3) is 0 Å². The molecule has 3 rings (SSSR count). The number of nitrogens with zero attached hydrogens (tertiary/aromatic N) is 3. The molecular formula is C15H19N3S2. The molecule has 1 aromatic heterocycles. The summed E-state index contributed by atoms with van der Waals surface area (Å²) in [5.41, 5.74) is 1.41. The lowest BCUT2D eigenvalue weighted by atomic mass is 10.0. The van der Waals surface area contributed by atoms with E-state index in [1.54, 1.807) is 11.3 Å². The number of hydrogen-bond donors (Lipinski definition) is 0. The van der Waals surface area contributed by atoms with Gasteiger partial charge in [-0.05, 0) is 12.5 Å². The predicted molar refractivity (Wildman–Crippen MR) is 86.2 cm³/mol. The van der Waals surface area contributed by atoms with E-state index in [0.717, 1.165) is 23.1 Å². The average molecular weight is 305 g/mol. The molecule has 106 valence electrons. The third-order valence-electron chi connectivity index (χ3n) is 3.64. The molecule has 1 aliphatic rings. The molecule has 0 N–H and O–H groups in total. The summed E-state index contributed by atoms with van der Waals surface area (Å²) in [5, 5.41) is 11.2. The predicted octanol–water partition coefficient (Wildman–Crippen LogP) is 3.53. The third-order valence-corrected chi connectivity index (χ3v) is 5.67. The van der Waals surface area contributed by atoms with Crippen LogP contribution in [0.15, 0.2) is 30.3 Å².